The highest BCUT2D eigenvalue weighted by atomic mass is 16.5. The summed E-state index contributed by atoms with van der Waals surface area (Å²) in [5.41, 5.74) is 8.96. The van der Waals surface area contributed by atoms with Gasteiger partial charge in [-0.2, -0.15) is 0 Å². The molecule has 0 spiro atoms. The van der Waals surface area contributed by atoms with E-state index in [1.54, 1.807) is 12.4 Å². The molecule has 17 heavy (non-hydrogen) atoms. The van der Waals surface area contributed by atoms with E-state index in [1.165, 1.54) is 5.56 Å². The summed E-state index contributed by atoms with van der Waals surface area (Å²) in [6.45, 7) is 3.06. The predicted molar refractivity (Wildman–Crippen MR) is 67.6 cm³/mol. The third-order valence-corrected chi connectivity index (χ3v) is 2.61. The molecule has 88 valence electrons. The zero-order valence-electron chi connectivity index (χ0n) is 9.89. The van der Waals surface area contributed by atoms with Crippen molar-refractivity contribution in [3.8, 4) is 5.75 Å². The van der Waals surface area contributed by atoms with Crippen LogP contribution in [0.25, 0.3) is 0 Å². The maximum atomic E-state index is 5.72. The van der Waals surface area contributed by atoms with Crippen LogP contribution in [0.5, 0.6) is 5.75 Å². The van der Waals surface area contributed by atoms with Crippen molar-refractivity contribution < 1.29 is 4.74 Å². The van der Waals surface area contributed by atoms with Crippen molar-refractivity contribution in [2.75, 3.05) is 0 Å². The van der Waals surface area contributed by atoms with E-state index in [0.29, 0.717) is 13.2 Å². The van der Waals surface area contributed by atoms with Gasteiger partial charge >= 0.3 is 0 Å². The average molecular weight is 228 g/mol. The number of ether oxygens (including phenoxy) is 1. The van der Waals surface area contributed by atoms with Gasteiger partial charge in [0, 0.05) is 24.5 Å². The van der Waals surface area contributed by atoms with Crippen LogP contribution in [0.4, 0.5) is 0 Å². The number of rotatable bonds is 4. The molecule has 0 radical (unpaired) electrons. The first kappa shape index (κ1) is 11.6. The van der Waals surface area contributed by atoms with Crippen LogP contribution < -0.4 is 10.5 Å². The summed E-state index contributed by atoms with van der Waals surface area (Å²) in [5, 5.41) is 0. The van der Waals surface area contributed by atoms with E-state index in [4.69, 9.17) is 10.5 Å². The SMILES string of the molecule is Cc1cccc(OCc2cnccc2CN)c1. The van der Waals surface area contributed by atoms with E-state index in [-0.39, 0.29) is 0 Å². The molecule has 0 unspecified atom stereocenters. The minimum absolute atomic E-state index is 0.504. The highest BCUT2D eigenvalue weighted by Gasteiger charge is 2.01. The Labute approximate surface area is 101 Å². The van der Waals surface area contributed by atoms with Gasteiger partial charge in [0.2, 0.25) is 0 Å². The number of nitrogens with two attached hydrogens (primary N) is 1. The number of aryl methyl sites for hydroxylation is 1. The number of benzene rings is 1. The fourth-order valence-corrected chi connectivity index (χ4v) is 1.65. The van der Waals surface area contributed by atoms with E-state index in [1.807, 2.05) is 37.3 Å². The summed E-state index contributed by atoms with van der Waals surface area (Å²) in [5.74, 6) is 0.872. The molecule has 1 heterocycles. The monoisotopic (exact) mass is 228 g/mol. The normalized spacial score (nSPS) is 10.2. The van der Waals surface area contributed by atoms with Gasteiger partial charge < -0.3 is 10.5 Å². The Bertz CT molecular complexity index is 497. The van der Waals surface area contributed by atoms with E-state index < -0.39 is 0 Å². The average Bonchev–Trinajstić information content (AvgIpc) is 2.37. The molecule has 0 bridgehead atoms. The first-order valence-electron chi connectivity index (χ1n) is 5.61. The van der Waals surface area contributed by atoms with Crippen molar-refractivity contribution in [2.24, 2.45) is 5.73 Å². The summed E-state index contributed by atoms with van der Waals surface area (Å²) in [4.78, 5) is 4.09. The van der Waals surface area contributed by atoms with E-state index in [2.05, 4.69) is 4.98 Å². The molecule has 0 aliphatic carbocycles. The highest BCUT2D eigenvalue weighted by molar-refractivity contribution is 5.28. The van der Waals surface area contributed by atoms with Crippen LogP contribution >= 0.6 is 0 Å². The Balaban J connectivity index is 2.07. The molecule has 0 atom stereocenters. The molecule has 1 aromatic carbocycles. The van der Waals surface area contributed by atoms with Crippen LogP contribution in [0, 0.1) is 6.92 Å². The van der Waals surface area contributed by atoms with Gasteiger partial charge in [0.15, 0.2) is 0 Å². The standard InChI is InChI=1S/C14H16N2O/c1-11-3-2-4-14(7-11)17-10-13-9-16-6-5-12(13)8-15/h2-7,9H,8,10,15H2,1H3. The van der Waals surface area contributed by atoms with Gasteiger partial charge in [0.05, 0.1) is 0 Å². The van der Waals surface area contributed by atoms with Crippen molar-refractivity contribution in [1.82, 2.24) is 4.98 Å². The van der Waals surface area contributed by atoms with E-state index >= 15 is 0 Å². The quantitative estimate of drug-likeness (QED) is 0.874. The van der Waals surface area contributed by atoms with Crippen molar-refractivity contribution in [2.45, 2.75) is 20.1 Å². The molecule has 1 aromatic heterocycles. The number of hydrogen-bond acceptors (Lipinski definition) is 3. The van der Waals surface area contributed by atoms with Crippen molar-refractivity contribution in [3.05, 3.63) is 59.4 Å². The van der Waals surface area contributed by atoms with Gasteiger partial charge in [-0.15, -0.1) is 0 Å². The van der Waals surface area contributed by atoms with Gasteiger partial charge in [-0.05, 0) is 36.2 Å². The number of aromatic nitrogens is 1. The minimum atomic E-state index is 0.504. The summed E-state index contributed by atoms with van der Waals surface area (Å²) in [6.07, 6.45) is 3.55. The lowest BCUT2D eigenvalue weighted by Gasteiger charge is -2.09. The maximum absolute atomic E-state index is 5.72. The van der Waals surface area contributed by atoms with Crippen LogP contribution in [-0.4, -0.2) is 4.98 Å². The molecular formula is C14H16N2O. The third-order valence-electron chi connectivity index (χ3n) is 2.61. The van der Waals surface area contributed by atoms with Crippen LogP contribution in [0.3, 0.4) is 0 Å². The Morgan fingerprint density at radius 2 is 2.12 bits per heavy atom. The second-order valence-electron chi connectivity index (χ2n) is 3.95. The Kier molecular flexibility index (Phi) is 3.73. The van der Waals surface area contributed by atoms with Crippen molar-refractivity contribution in [1.29, 1.82) is 0 Å². The molecule has 0 saturated heterocycles. The molecule has 2 aromatic rings. The van der Waals surface area contributed by atoms with Crippen LogP contribution in [0.15, 0.2) is 42.7 Å². The molecule has 0 fully saturated rings. The Morgan fingerprint density at radius 1 is 1.24 bits per heavy atom. The summed E-state index contributed by atoms with van der Waals surface area (Å²) in [6, 6.07) is 9.92. The Morgan fingerprint density at radius 3 is 2.88 bits per heavy atom. The van der Waals surface area contributed by atoms with Crippen molar-refractivity contribution >= 4 is 0 Å². The second-order valence-corrected chi connectivity index (χ2v) is 3.95. The predicted octanol–water partition coefficient (Wildman–Crippen LogP) is 2.43. The molecule has 0 aliphatic heterocycles. The topological polar surface area (TPSA) is 48.1 Å². The zero-order chi connectivity index (χ0) is 12.1. The van der Waals surface area contributed by atoms with E-state index in [9.17, 15) is 0 Å². The molecule has 3 heteroatoms. The summed E-state index contributed by atoms with van der Waals surface area (Å²) in [7, 11) is 0. The molecule has 3 nitrogen and oxygen atoms in total. The zero-order valence-corrected chi connectivity index (χ0v) is 9.89. The van der Waals surface area contributed by atoms with Crippen LogP contribution in [-0.2, 0) is 13.2 Å². The first-order chi connectivity index (χ1) is 8.29. The maximum Gasteiger partial charge on any atom is 0.120 e. The van der Waals surface area contributed by atoms with Crippen LogP contribution in [0.1, 0.15) is 16.7 Å². The summed E-state index contributed by atoms with van der Waals surface area (Å²) >= 11 is 0. The molecular weight excluding hydrogens is 212 g/mol. The van der Waals surface area contributed by atoms with Gasteiger partial charge in [-0.3, -0.25) is 4.98 Å². The molecule has 0 saturated carbocycles. The lowest BCUT2D eigenvalue weighted by molar-refractivity contribution is 0.304. The third kappa shape index (κ3) is 3.04. The van der Waals surface area contributed by atoms with Crippen LogP contribution in [0.2, 0.25) is 0 Å². The smallest absolute Gasteiger partial charge is 0.120 e. The van der Waals surface area contributed by atoms with Crippen molar-refractivity contribution in [3.63, 3.8) is 0 Å². The van der Waals surface area contributed by atoms with Gasteiger partial charge in [-0.25, -0.2) is 0 Å². The van der Waals surface area contributed by atoms with E-state index in [0.717, 1.165) is 16.9 Å². The largest absolute Gasteiger partial charge is 0.489 e. The lowest BCUT2D eigenvalue weighted by Crippen LogP contribution is -2.05. The first-order valence-corrected chi connectivity index (χ1v) is 5.61. The molecule has 0 amide bonds. The molecule has 0 aliphatic rings. The fourth-order valence-electron chi connectivity index (χ4n) is 1.65. The van der Waals surface area contributed by atoms with Gasteiger partial charge in [0.25, 0.3) is 0 Å². The molecule has 2 rings (SSSR count). The second kappa shape index (κ2) is 5.46. The van der Waals surface area contributed by atoms with Gasteiger partial charge in [0.1, 0.15) is 12.4 Å². The summed E-state index contributed by atoms with van der Waals surface area (Å²) < 4.78 is 5.72. The number of nitrogens with zero attached hydrogens (tertiary/aromatic N) is 1. The highest BCUT2D eigenvalue weighted by Crippen LogP contribution is 2.15. The minimum Gasteiger partial charge on any atom is -0.489 e. The Hall–Kier alpha value is -1.87. The lowest BCUT2D eigenvalue weighted by atomic mass is 10.1. The van der Waals surface area contributed by atoms with Gasteiger partial charge in [-0.1, -0.05) is 12.1 Å². The number of hydrogen-bond donors (Lipinski definition) is 1. The molecule has 2 N–H and O–H groups in total. The fraction of sp³-hybridized carbons (Fsp3) is 0.214. The number of pyridine rings is 1.